The van der Waals surface area contributed by atoms with Gasteiger partial charge in [-0.2, -0.15) is 0 Å². The second kappa shape index (κ2) is 7.39. The van der Waals surface area contributed by atoms with Crippen molar-refractivity contribution in [1.82, 2.24) is 14.4 Å². The molecule has 3 heterocycles. The average molecular weight is 472 g/mol. The van der Waals surface area contributed by atoms with E-state index in [4.69, 9.17) is 11.6 Å². The summed E-state index contributed by atoms with van der Waals surface area (Å²) in [6, 6.07) is 6.43. The fourth-order valence-electron chi connectivity index (χ4n) is 6.06. The number of nitrogens with zero attached hydrogens (tertiary/aromatic N) is 3. The molecule has 0 bridgehead atoms. The Hall–Kier alpha value is -2.22. The smallest absolute Gasteiger partial charge is 0.272 e. The molecule has 2 saturated carbocycles. The Morgan fingerprint density at radius 1 is 1.09 bits per heavy atom. The summed E-state index contributed by atoms with van der Waals surface area (Å²) in [6.07, 6.45) is 5.55. The van der Waals surface area contributed by atoms with Crippen LogP contribution in [0, 0.1) is 5.82 Å². The number of aliphatic hydroxyl groups is 1. The minimum atomic E-state index is -0.801. The maximum absolute atomic E-state index is 13.7. The fraction of sp³-hybridized carbons (Fsp3) is 0.520. The van der Waals surface area contributed by atoms with Crippen LogP contribution in [-0.2, 0) is 25.2 Å². The summed E-state index contributed by atoms with van der Waals surface area (Å²) in [5, 5.41) is 10.7. The monoisotopic (exact) mass is 471 g/mol. The SMILES string of the molecule is O=C1c2c3c(cc(=O)n2C2(CCCC2)N1CC1(O)CC1)CN(Cc1ccc(F)c(Cl)c1)CC3. The summed E-state index contributed by atoms with van der Waals surface area (Å²) < 4.78 is 15.3. The average Bonchev–Trinajstić information content (AvgIpc) is 3.23. The van der Waals surface area contributed by atoms with E-state index in [0.717, 1.165) is 48.9 Å². The van der Waals surface area contributed by atoms with Crippen LogP contribution in [0.2, 0.25) is 5.02 Å². The van der Waals surface area contributed by atoms with Crippen LogP contribution in [0.5, 0.6) is 0 Å². The maximum atomic E-state index is 13.7. The molecule has 174 valence electrons. The van der Waals surface area contributed by atoms with E-state index in [0.29, 0.717) is 44.6 Å². The van der Waals surface area contributed by atoms with Gasteiger partial charge in [0.05, 0.1) is 17.2 Å². The molecule has 1 aromatic heterocycles. The van der Waals surface area contributed by atoms with Crippen LogP contribution in [-0.4, -0.2) is 44.1 Å². The highest BCUT2D eigenvalue weighted by atomic mass is 35.5. The number of benzene rings is 1. The minimum Gasteiger partial charge on any atom is -0.388 e. The van der Waals surface area contributed by atoms with Gasteiger partial charge in [-0.25, -0.2) is 4.39 Å². The van der Waals surface area contributed by atoms with Crippen molar-refractivity contribution in [3.05, 3.63) is 67.8 Å². The van der Waals surface area contributed by atoms with Gasteiger partial charge in [-0.05, 0) is 73.8 Å². The Bertz CT molecular complexity index is 1220. The quantitative estimate of drug-likeness (QED) is 0.742. The second-order valence-electron chi connectivity index (χ2n) is 10.2. The molecule has 33 heavy (non-hydrogen) atoms. The van der Waals surface area contributed by atoms with Crippen molar-refractivity contribution in [3.8, 4) is 0 Å². The Kier molecular flexibility index (Phi) is 4.77. The highest BCUT2D eigenvalue weighted by Gasteiger charge is 2.56. The van der Waals surface area contributed by atoms with Gasteiger partial charge in [-0.15, -0.1) is 0 Å². The van der Waals surface area contributed by atoms with Gasteiger partial charge in [0.2, 0.25) is 0 Å². The molecule has 6 nitrogen and oxygen atoms in total. The third-order valence-corrected chi connectivity index (χ3v) is 8.22. The van der Waals surface area contributed by atoms with E-state index in [1.807, 2.05) is 4.90 Å². The summed E-state index contributed by atoms with van der Waals surface area (Å²) >= 11 is 5.94. The van der Waals surface area contributed by atoms with Crippen molar-refractivity contribution in [2.24, 2.45) is 0 Å². The molecule has 2 aromatic rings. The van der Waals surface area contributed by atoms with Crippen LogP contribution in [0.1, 0.15) is 65.7 Å². The molecule has 4 aliphatic rings. The van der Waals surface area contributed by atoms with Crippen molar-refractivity contribution < 1.29 is 14.3 Å². The Labute approximate surface area is 196 Å². The van der Waals surface area contributed by atoms with Crippen molar-refractivity contribution in [2.45, 2.75) is 69.3 Å². The van der Waals surface area contributed by atoms with Crippen molar-refractivity contribution >= 4 is 17.5 Å². The van der Waals surface area contributed by atoms with Crippen LogP contribution in [0.4, 0.5) is 4.39 Å². The second-order valence-corrected chi connectivity index (χ2v) is 10.6. The zero-order valence-corrected chi connectivity index (χ0v) is 19.2. The van der Waals surface area contributed by atoms with Crippen LogP contribution in [0.15, 0.2) is 29.1 Å². The molecular formula is C25H27ClFN3O3. The number of fused-ring (bicyclic) bond motifs is 4. The predicted octanol–water partition coefficient (Wildman–Crippen LogP) is 3.41. The zero-order chi connectivity index (χ0) is 23.0. The van der Waals surface area contributed by atoms with Gasteiger partial charge in [0, 0.05) is 25.7 Å². The van der Waals surface area contributed by atoms with E-state index in [1.165, 1.54) is 6.07 Å². The van der Waals surface area contributed by atoms with E-state index < -0.39 is 17.1 Å². The number of β-amino-alcohol motifs (C(OH)–C–C–N with tert-alkyl or cyclic N) is 1. The molecular weight excluding hydrogens is 445 g/mol. The first-order valence-electron chi connectivity index (χ1n) is 11.8. The molecule has 1 N–H and O–H groups in total. The summed E-state index contributed by atoms with van der Waals surface area (Å²) in [5.41, 5.74) is 1.74. The first-order chi connectivity index (χ1) is 15.8. The number of hydrogen-bond donors (Lipinski definition) is 1. The number of aromatic nitrogens is 1. The van der Waals surface area contributed by atoms with Crippen LogP contribution >= 0.6 is 11.6 Å². The summed E-state index contributed by atoms with van der Waals surface area (Å²) in [4.78, 5) is 31.1. The largest absolute Gasteiger partial charge is 0.388 e. The lowest BCUT2D eigenvalue weighted by molar-refractivity contribution is 0.00591. The standard InChI is InChI=1S/C25H27ClFN3O3/c26-19-11-16(3-4-20(19)27)13-28-10-5-18-17(14-28)12-21(31)30-22(18)23(32)29(15-24(33)8-9-24)25(30)6-1-2-7-25/h3-4,11-12,33H,1-2,5-10,13-15H2. The molecule has 2 fully saturated rings. The summed E-state index contributed by atoms with van der Waals surface area (Å²) in [6.45, 7) is 2.18. The highest BCUT2D eigenvalue weighted by Crippen LogP contribution is 2.48. The third-order valence-electron chi connectivity index (χ3n) is 7.93. The molecule has 6 rings (SSSR count). The van der Waals surface area contributed by atoms with Gasteiger partial charge in [-0.1, -0.05) is 17.7 Å². The van der Waals surface area contributed by atoms with E-state index in [-0.39, 0.29) is 16.5 Å². The number of rotatable bonds is 4. The van der Waals surface area contributed by atoms with Crippen LogP contribution < -0.4 is 5.56 Å². The number of pyridine rings is 1. The first kappa shape index (κ1) is 21.3. The number of carbonyl (C=O) groups excluding carboxylic acids is 1. The van der Waals surface area contributed by atoms with Gasteiger partial charge >= 0.3 is 0 Å². The zero-order valence-electron chi connectivity index (χ0n) is 18.4. The Morgan fingerprint density at radius 2 is 1.85 bits per heavy atom. The molecule has 2 aliphatic heterocycles. The normalized spacial score (nSPS) is 22.6. The lowest BCUT2D eigenvalue weighted by atomic mass is 9.97. The minimum absolute atomic E-state index is 0.103. The third kappa shape index (κ3) is 3.35. The molecule has 0 radical (unpaired) electrons. The Balaban J connectivity index is 1.35. The van der Waals surface area contributed by atoms with Crippen molar-refractivity contribution in [2.75, 3.05) is 13.1 Å². The molecule has 1 spiro atoms. The Morgan fingerprint density at radius 3 is 2.55 bits per heavy atom. The maximum Gasteiger partial charge on any atom is 0.272 e. The topological polar surface area (TPSA) is 65.8 Å². The predicted molar refractivity (Wildman–Crippen MR) is 122 cm³/mol. The van der Waals surface area contributed by atoms with Crippen molar-refractivity contribution in [1.29, 1.82) is 0 Å². The molecule has 1 amide bonds. The first-order valence-corrected chi connectivity index (χ1v) is 12.2. The lowest BCUT2D eigenvalue weighted by Gasteiger charge is -2.37. The molecule has 0 unspecified atom stereocenters. The highest BCUT2D eigenvalue weighted by molar-refractivity contribution is 6.30. The van der Waals surface area contributed by atoms with Gasteiger partial charge < -0.3 is 10.0 Å². The number of carbonyl (C=O) groups is 1. The van der Waals surface area contributed by atoms with E-state index in [2.05, 4.69) is 4.90 Å². The molecule has 1 aromatic carbocycles. The van der Waals surface area contributed by atoms with Crippen molar-refractivity contribution in [3.63, 3.8) is 0 Å². The summed E-state index contributed by atoms with van der Waals surface area (Å²) in [7, 11) is 0. The van der Waals surface area contributed by atoms with Gasteiger partial charge in [0.25, 0.3) is 11.5 Å². The molecule has 0 atom stereocenters. The van der Waals surface area contributed by atoms with Crippen LogP contribution in [0.3, 0.4) is 0 Å². The number of amides is 1. The van der Waals surface area contributed by atoms with Gasteiger partial charge in [0.15, 0.2) is 0 Å². The number of hydrogen-bond acceptors (Lipinski definition) is 4. The van der Waals surface area contributed by atoms with E-state index >= 15 is 0 Å². The molecule has 8 heteroatoms. The van der Waals surface area contributed by atoms with E-state index in [9.17, 15) is 19.1 Å². The molecule has 2 aliphatic carbocycles. The van der Waals surface area contributed by atoms with Gasteiger partial charge in [0.1, 0.15) is 17.2 Å². The fourth-order valence-corrected chi connectivity index (χ4v) is 6.27. The lowest BCUT2D eigenvalue weighted by Crippen LogP contribution is -2.51. The van der Waals surface area contributed by atoms with Gasteiger partial charge in [-0.3, -0.25) is 19.1 Å². The number of halogens is 2. The molecule has 0 saturated heterocycles. The summed E-state index contributed by atoms with van der Waals surface area (Å²) in [5.74, 6) is -0.544. The van der Waals surface area contributed by atoms with Crippen LogP contribution in [0.25, 0.3) is 0 Å². The van der Waals surface area contributed by atoms with E-state index in [1.54, 1.807) is 22.8 Å².